The van der Waals surface area contributed by atoms with Gasteiger partial charge in [-0.05, 0) is 6.42 Å². The largest absolute Gasteiger partial charge is 0.477 e. The number of rotatable bonds is 5. The Labute approximate surface area is 120 Å². The van der Waals surface area contributed by atoms with Gasteiger partial charge in [0, 0.05) is 11.2 Å². The first-order valence-corrected chi connectivity index (χ1v) is 7.42. The third-order valence-electron chi connectivity index (χ3n) is 3.16. The molecule has 2 rings (SSSR count). The fourth-order valence-electron chi connectivity index (χ4n) is 2.08. The molecule has 0 aromatic heterocycles. The molecule has 2 aliphatic heterocycles. The fraction of sp³-hybridized carbons (Fsp3) is 0.583. The van der Waals surface area contributed by atoms with E-state index in [2.05, 4.69) is 5.32 Å². The Morgan fingerprint density at radius 3 is 3.00 bits per heavy atom. The van der Waals surface area contributed by atoms with Gasteiger partial charge in [0.15, 0.2) is 0 Å². The quantitative estimate of drug-likeness (QED) is 0.575. The Kier molecular flexibility index (Phi) is 4.53. The van der Waals surface area contributed by atoms with Gasteiger partial charge >= 0.3 is 12.1 Å². The summed E-state index contributed by atoms with van der Waals surface area (Å²) < 4.78 is 4.93. The van der Waals surface area contributed by atoms with Crippen molar-refractivity contribution >= 4 is 29.7 Å². The third-order valence-corrected chi connectivity index (χ3v) is 4.09. The standard InChI is InChI=1S/C12H16N2O5S/c1-2-3-4-19-12(18)13-9-7-5-20-6-8(11(16)17)14(7)10(9)15/h6-7,9H,2-5H2,1H3,(H,13,18)(H,16,17)/t7-,9-/m1/s1. The summed E-state index contributed by atoms with van der Waals surface area (Å²) in [6.45, 7) is 2.29. The van der Waals surface area contributed by atoms with Crippen LogP contribution in [-0.2, 0) is 14.3 Å². The van der Waals surface area contributed by atoms with Crippen LogP contribution in [0, 0.1) is 0 Å². The molecule has 0 bridgehead atoms. The van der Waals surface area contributed by atoms with E-state index in [0.717, 1.165) is 12.8 Å². The summed E-state index contributed by atoms with van der Waals surface area (Å²) in [5.74, 6) is -0.987. The van der Waals surface area contributed by atoms with Gasteiger partial charge in [0.2, 0.25) is 0 Å². The first-order chi connectivity index (χ1) is 9.56. The second-order valence-electron chi connectivity index (χ2n) is 4.53. The topological polar surface area (TPSA) is 95.9 Å². The summed E-state index contributed by atoms with van der Waals surface area (Å²) in [7, 11) is 0. The van der Waals surface area contributed by atoms with Gasteiger partial charge in [-0.25, -0.2) is 9.59 Å². The summed E-state index contributed by atoms with van der Waals surface area (Å²) in [6, 6.07) is -1.01. The first kappa shape index (κ1) is 14.7. The SMILES string of the molecule is CCCCOC(=O)N[C@H]1C(=O)N2C(C(=O)O)=CSC[C@H]12. The highest BCUT2D eigenvalue weighted by molar-refractivity contribution is 8.02. The number of carbonyl (C=O) groups is 3. The molecule has 0 spiro atoms. The highest BCUT2D eigenvalue weighted by Crippen LogP contribution is 2.34. The van der Waals surface area contributed by atoms with Crippen LogP contribution < -0.4 is 5.32 Å². The Bertz CT molecular complexity index is 465. The van der Waals surface area contributed by atoms with Crippen molar-refractivity contribution in [2.75, 3.05) is 12.4 Å². The van der Waals surface area contributed by atoms with E-state index in [1.165, 1.54) is 22.1 Å². The van der Waals surface area contributed by atoms with E-state index in [1.807, 2.05) is 6.92 Å². The molecule has 2 amide bonds. The molecule has 2 N–H and O–H groups in total. The van der Waals surface area contributed by atoms with E-state index in [4.69, 9.17) is 9.84 Å². The van der Waals surface area contributed by atoms with Gasteiger partial charge in [-0.2, -0.15) is 0 Å². The van der Waals surface area contributed by atoms with Crippen LogP contribution in [0.25, 0.3) is 0 Å². The number of fused-ring (bicyclic) bond motifs is 1. The number of hydrogen-bond donors (Lipinski definition) is 2. The molecule has 0 aliphatic carbocycles. The molecule has 0 saturated carbocycles. The molecule has 2 heterocycles. The summed E-state index contributed by atoms with van der Waals surface area (Å²) in [5, 5.41) is 13.0. The number of nitrogens with one attached hydrogen (secondary N) is 1. The molecule has 7 nitrogen and oxygen atoms in total. The lowest BCUT2D eigenvalue weighted by molar-refractivity contribution is -0.151. The molecule has 1 fully saturated rings. The van der Waals surface area contributed by atoms with Crippen molar-refractivity contribution in [1.29, 1.82) is 0 Å². The summed E-state index contributed by atoms with van der Waals surface area (Å²) >= 11 is 1.32. The number of unbranched alkanes of at least 4 members (excludes halogenated alkanes) is 1. The van der Waals surface area contributed by atoms with E-state index in [1.54, 1.807) is 0 Å². The number of hydrogen-bond acceptors (Lipinski definition) is 5. The molecule has 2 atom stereocenters. The number of ether oxygens (including phenoxy) is 1. The molecule has 1 saturated heterocycles. The molecule has 20 heavy (non-hydrogen) atoms. The minimum Gasteiger partial charge on any atom is -0.477 e. The van der Waals surface area contributed by atoms with Gasteiger partial charge in [-0.1, -0.05) is 13.3 Å². The number of thioether (sulfide) groups is 1. The second-order valence-corrected chi connectivity index (χ2v) is 5.43. The van der Waals surface area contributed by atoms with Crippen molar-refractivity contribution in [2.45, 2.75) is 31.8 Å². The van der Waals surface area contributed by atoms with Crippen LogP contribution in [0.4, 0.5) is 4.79 Å². The van der Waals surface area contributed by atoms with Gasteiger partial charge in [0.05, 0.1) is 12.6 Å². The Hall–Kier alpha value is -1.70. The predicted molar refractivity (Wildman–Crippen MR) is 72.0 cm³/mol. The molecule has 0 unspecified atom stereocenters. The van der Waals surface area contributed by atoms with Gasteiger partial charge in [0.1, 0.15) is 11.7 Å². The summed E-state index contributed by atoms with van der Waals surface area (Å²) in [6.07, 6.45) is 1.05. The van der Waals surface area contributed by atoms with Crippen molar-refractivity contribution in [3.05, 3.63) is 11.1 Å². The van der Waals surface area contributed by atoms with Crippen LogP contribution in [0.1, 0.15) is 19.8 Å². The number of β-lactam (4-membered cyclic amide) rings is 1. The number of carbonyl (C=O) groups excluding carboxylic acids is 2. The molecule has 0 aromatic rings. The number of nitrogens with zero attached hydrogens (tertiary/aromatic N) is 1. The Balaban J connectivity index is 1.91. The number of carboxylic acid groups (broad SMARTS) is 1. The number of carboxylic acids is 1. The normalized spacial score (nSPS) is 24.4. The van der Waals surface area contributed by atoms with Crippen molar-refractivity contribution in [3.8, 4) is 0 Å². The van der Waals surface area contributed by atoms with Crippen LogP contribution >= 0.6 is 11.8 Å². The molecule has 8 heteroatoms. The van der Waals surface area contributed by atoms with Crippen LogP contribution in [0.2, 0.25) is 0 Å². The average molecular weight is 300 g/mol. The molecule has 2 aliphatic rings. The van der Waals surface area contributed by atoms with Crippen molar-refractivity contribution < 1.29 is 24.2 Å². The summed E-state index contributed by atoms with van der Waals surface area (Å²) in [4.78, 5) is 35.7. The molecular formula is C12H16N2O5S. The Morgan fingerprint density at radius 1 is 1.60 bits per heavy atom. The highest BCUT2D eigenvalue weighted by Gasteiger charge is 2.52. The number of amides is 2. The van der Waals surface area contributed by atoms with Crippen LogP contribution in [0.15, 0.2) is 11.1 Å². The fourth-order valence-corrected chi connectivity index (χ4v) is 3.09. The maximum absolute atomic E-state index is 11.9. The predicted octanol–water partition coefficient (Wildman–Crippen LogP) is 0.765. The van der Waals surface area contributed by atoms with E-state index in [-0.39, 0.29) is 11.7 Å². The van der Waals surface area contributed by atoms with Gasteiger partial charge in [-0.15, -0.1) is 11.8 Å². The first-order valence-electron chi connectivity index (χ1n) is 6.37. The van der Waals surface area contributed by atoms with Gasteiger partial charge in [-0.3, -0.25) is 9.69 Å². The second kappa shape index (κ2) is 6.17. The molecule has 110 valence electrons. The monoisotopic (exact) mass is 300 g/mol. The van der Waals surface area contributed by atoms with Crippen molar-refractivity contribution in [1.82, 2.24) is 10.2 Å². The zero-order valence-electron chi connectivity index (χ0n) is 11.0. The zero-order valence-corrected chi connectivity index (χ0v) is 11.8. The molecule has 0 radical (unpaired) electrons. The van der Waals surface area contributed by atoms with E-state index in [9.17, 15) is 14.4 Å². The number of aliphatic carboxylic acids is 1. The number of alkyl carbamates (subject to hydrolysis) is 1. The lowest BCUT2D eigenvalue weighted by Crippen LogP contribution is -2.72. The smallest absolute Gasteiger partial charge is 0.407 e. The Morgan fingerprint density at radius 2 is 2.35 bits per heavy atom. The average Bonchev–Trinajstić information content (AvgIpc) is 2.43. The minimum absolute atomic E-state index is 0.0337. The zero-order chi connectivity index (χ0) is 14.7. The summed E-state index contributed by atoms with van der Waals surface area (Å²) in [5.41, 5.74) is -0.0337. The van der Waals surface area contributed by atoms with Crippen molar-refractivity contribution in [3.63, 3.8) is 0 Å². The third kappa shape index (κ3) is 2.74. The highest BCUT2D eigenvalue weighted by atomic mass is 32.2. The van der Waals surface area contributed by atoms with E-state index < -0.39 is 24.0 Å². The lowest BCUT2D eigenvalue weighted by atomic mass is 9.95. The minimum atomic E-state index is -1.14. The van der Waals surface area contributed by atoms with Gasteiger partial charge < -0.3 is 15.2 Å². The van der Waals surface area contributed by atoms with Gasteiger partial charge in [0.25, 0.3) is 5.91 Å². The molecular weight excluding hydrogens is 284 g/mol. The maximum Gasteiger partial charge on any atom is 0.407 e. The van der Waals surface area contributed by atoms with Crippen molar-refractivity contribution in [2.24, 2.45) is 0 Å². The maximum atomic E-state index is 11.9. The van der Waals surface area contributed by atoms with Crippen LogP contribution in [0.3, 0.4) is 0 Å². The van der Waals surface area contributed by atoms with E-state index >= 15 is 0 Å². The molecule has 0 aromatic carbocycles. The lowest BCUT2D eigenvalue weighted by Gasteiger charge is -2.48. The van der Waals surface area contributed by atoms with Crippen LogP contribution in [0.5, 0.6) is 0 Å². The van der Waals surface area contributed by atoms with Crippen LogP contribution in [-0.4, -0.2) is 52.4 Å². The van der Waals surface area contributed by atoms with E-state index in [0.29, 0.717) is 12.4 Å².